The maximum absolute atomic E-state index is 13.0. The average Bonchev–Trinajstić information content (AvgIpc) is 2.67. The van der Waals surface area contributed by atoms with Crippen molar-refractivity contribution in [1.29, 1.82) is 0 Å². The zero-order chi connectivity index (χ0) is 19.0. The van der Waals surface area contributed by atoms with Gasteiger partial charge in [-0.15, -0.1) is 0 Å². The largest absolute Gasteiger partial charge is 0.479 e. The van der Waals surface area contributed by atoms with E-state index in [1.807, 2.05) is 24.3 Å². The molecule has 0 fully saturated rings. The van der Waals surface area contributed by atoms with Crippen LogP contribution in [-0.4, -0.2) is 25.6 Å². The van der Waals surface area contributed by atoms with Crippen LogP contribution >= 0.6 is 0 Å². The predicted octanol–water partition coefficient (Wildman–Crippen LogP) is 3.42. The van der Waals surface area contributed by atoms with E-state index in [0.717, 1.165) is 10.9 Å². The second-order valence-electron chi connectivity index (χ2n) is 6.36. The molecule has 1 atom stereocenters. The molecule has 1 heterocycles. The topological polar surface area (TPSA) is 92.7 Å². The molecule has 1 aliphatic heterocycles. The van der Waals surface area contributed by atoms with Crippen LogP contribution in [0.4, 0.5) is 5.69 Å². The first-order valence-electron chi connectivity index (χ1n) is 8.47. The summed E-state index contributed by atoms with van der Waals surface area (Å²) in [5, 5.41) is 10.6. The summed E-state index contributed by atoms with van der Waals surface area (Å²) in [6, 6.07) is 17.4. The number of hydrogen-bond acceptors (Lipinski definition) is 4. The molecule has 1 aliphatic rings. The molecule has 0 bridgehead atoms. The number of sulfonamides is 1. The molecule has 3 aromatic carbocycles. The number of fused-ring (bicyclic) bond motifs is 2. The zero-order valence-corrected chi connectivity index (χ0v) is 15.1. The van der Waals surface area contributed by atoms with Gasteiger partial charge in [-0.25, -0.2) is 13.2 Å². The molecule has 0 radical (unpaired) electrons. The molecule has 7 heteroatoms. The Balaban J connectivity index is 1.75. The van der Waals surface area contributed by atoms with E-state index in [2.05, 4.69) is 4.72 Å². The Labute approximate surface area is 156 Å². The summed E-state index contributed by atoms with van der Waals surface area (Å²) in [7, 11) is -3.89. The number of carbonyl (C=O) groups is 1. The highest BCUT2D eigenvalue weighted by molar-refractivity contribution is 7.93. The van der Waals surface area contributed by atoms with E-state index in [4.69, 9.17) is 4.74 Å². The van der Waals surface area contributed by atoms with E-state index >= 15 is 0 Å². The Morgan fingerprint density at radius 2 is 1.78 bits per heavy atom. The number of hydrogen-bond donors (Lipinski definition) is 2. The van der Waals surface area contributed by atoms with Gasteiger partial charge in [0.25, 0.3) is 10.0 Å². The lowest BCUT2D eigenvalue weighted by Crippen LogP contribution is -2.31. The second-order valence-corrected chi connectivity index (χ2v) is 8.01. The summed E-state index contributed by atoms with van der Waals surface area (Å²) < 4.78 is 34.2. The Morgan fingerprint density at radius 3 is 2.59 bits per heavy atom. The number of benzene rings is 3. The van der Waals surface area contributed by atoms with Crippen molar-refractivity contribution in [3.63, 3.8) is 0 Å². The fourth-order valence-corrected chi connectivity index (χ4v) is 4.59. The number of carboxylic acid groups (broad SMARTS) is 1. The molecule has 3 aromatic rings. The minimum Gasteiger partial charge on any atom is -0.479 e. The zero-order valence-electron chi connectivity index (χ0n) is 14.3. The van der Waals surface area contributed by atoms with Gasteiger partial charge in [0.05, 0.1) is 10.6 Å². The molecule has 0 saturated carbocycles. The van der Waals surface area contributed by atoms with Gasteiger partial charge in [-0.1, -0.05) is 48.5 Å². The van der Waals surface area contributed by atoms with E-state index in [1.165, 1.54) is 0 Å². The molecule has 0 aliphatic carbocycles. The van der Waals surface area contributed by atoms with Crippen LogP contribution in [0.15, 0.2) is 65.6 Å². The molecule has 0 aromatic heterocycles. The van der Waals surface area contributed by atoms with Gasteiger partial charge in [-0.05, 0) is 35.9 Å². The molecular weight excluding hydrogens is 366 g/mol. The molecule has 1 unspecified atom stereocenters. The maximum Gasteiger partial charge on any atom is 0.344 e. The Hall–Kier alpha value is -3.06. The predicted molar refractivity (Wildman–Crippen MR) is 102 cm³/mol. The first-order valence-corrected chi connectivity index (χ1v) is 9.96. The second kappa shape index (κ2) is 6.59. The van der Waals surface area contributed by atoms with Gasteiger partial charge in [-0.2, -0.15) is 0 Å². The molecule has 2 N–H and O–H groups in total. The van der Waals surface area contributed by atoms with Gasteiger partial charge in [0.15, 0.2) is 6.10 Å². The summed E-state index contributed by atoms with van der Waals surface area (Å²) in [6.45, 7) is 0. The third-order valence-electron chi connectivity index (χ3n) is 4.59. The highest BCUT2D eigenvalue weighted by atomic mass is 32.2. The molecule has 0 amide bonds. The highest BCUT2D eigenvalue weighted by Crippen LogP contribution is 2.36. The third-order valence-corrected chi connectivity index (χ3v) is 6.02. The summed E-state index contributed by atoms with van der Waals surface area (Å²) in [5.74, 6) is -0.785. The van der Waals surface area contributed by atoms with Crippen molar-refractivity contribution in [3.05, 3.63) is 66.2 Å². The van der Waals surface area contributed by atoms with Gasteiger partial charge >= 0.3 is 5.97 Å². The van der Waals surface area contributed by atoms with Crippen LogP contribution < -0.4 is 9.46 Å². The number of aryl methyl sites for hydroxylation is 1. The van der Waals surface area contributed by atoms with Crippen molar-refractivity contribution in [2.45, 2.75) is 23.8 Å². The standard InChI is InChI=1S/C20H17NO5S/c22-20(23)17-12-11-14-7-3-9-16(19(14)26-17)21-27(24,25)18-10-4-6-13-5-1-2-8-15(13)18/h1-10,17,21H,11-12H2,(H,22,23). The quantitative estimate of drug-likeness (QED) is 0.720. The first-order chi connectivity index (χ1) is 13.0. The first kappa shape index (κ1) is 17.4. The number of para-hydroxylation sites is 1. The van der Waals surface area contributed by atoms with Gasteiger partial charge in [-0.3, -0.25) is 4.72 Å². The Kier molecular flexibility index (Phi) is 4.24. The normalized spacial score (nSPS) is 16.4. The van der Waals surface area contributed by atoms with E-state index < -0.39 is 22.1 Å². The van der Waals surface area contributed by atoms with Crippen LogP contribution in [0.1, 0.15) is 12.0 Å². The van der Waals surface area contributed by atoms with Crippen molar-refractivity contribution in [2.75, 3.05) is 4.72 Å². The number of aliphatic carboxylic acids is 1. The van der Waals surface area contributed by atoms with Crippen molar-refractivity contribution in [2.24, 2.45) is 0 Å². The van der Waals surface area contributed by atoms with Gasteiger partial charge < -0.3 is 9.84 Å². The fourth-order valence-electron chi connectivity index (χ4n) is 3.29. The minimum atomic E-state index is -3.89. The number of nitrogens with one attached hydrogen (secondary N) is 1. The third kappa shape index (κ3) is 3.21. The van der Waals surface area contributed by atoms with Crippen molar-refractivity contribution >= 4 is 32.5 Å². The lowest BCUT2D eigenvalue weighted by atomic mass is 10.0. The number of ether oxygens (including phenoxy) is 1. The van der Waals surface area contributed by atoms with Crippen molar-refractivity contribution < 1.29 is 23.1 Å². The van der Waals surface area contributed by atoms with Gasteiger partial charge in [0.1, 0.15) is 5.75 Å². The van der Waals surface area contributed by atoms with E-state index in [0.29, 0.717) is 18.2 Å². The number of anilines is 1. The van der Waals surface area contributed by atoms with Crippen LogP contribution in [0, 0.1) is 0 Å². The average molecular weight is 383 g/mol. The summed E-state index contributed by atoms with van der Waals surface area (Å²) in [6.07, 6.45) is -0.126. The van der Waals surface area contributed by atoms with Gasteiger partial charge in [0, 0.05) is 5.39 Å². The van der Waals surface area contributed by atoms with Crippen LogP contribution in [0.5, 0.6) is 5.75 Å². The summed E-state index contributed by atoms with van der Waals surface area (Å²) in [4.78, 5) is 11.4. The number of rotatable bonds is 4. The van der Waals surface area contributed by atoms with Gasteiger partial charge in [0.2, 0.25) is 0 Å². The van der Waals surface area contributed by atoms with Crippen LogP contribution in [-0.2, 0) is 21.2 Å². The molecular formula is C20H17NO5S. The Bertz CT molecular complexity index is 1130. The monoisotopic (exact) mass is 383 g/mol. The molecule has 0 spiro atoms. The molecule has 0 saturated heterocycles. The summed E-state index contributed by atoms with van der Waals surface area (Å²) in [5.41, 5.74) is 1.03. The van der Waals surface area contributed by atoms with Crippen LogP contribution in [0.2, 0.25) is 0 Å². The van der Waals surface area contributed by atoms with Crippen molar-refractivity contribution in [3.8, 4) is 5.75 Å². The maximum atomic E-state index is 13.0. The van der Waals surface area contributed by atoms with E-state index in [9.17, 15) is 18.3 Å². The SMILES string of the molecule is O=C(O)C1CCc2cccc(NS(=O)(=O)c3cccc4ccccc34)c2O1. The van der Waals surface area contributed by atoms with Crippen LogP contribution in [0.3, 0.4) is 0 Å². The van der Waals surface area contributed by atoms with E-state index in [1.54, 1.807) is 36.4 Å². The lowest BCUT2D eigenvalue weighted by molar-refractivity contribution is -0.145. The highest BCUT2D eigenvalue weighted by Gasteiger charge is 2.29. The summed E-state index contributed by atoms with van der Waals surface area (Å²) >= 11 is 0. The lowest BCUT2D eigenvalue weighted by Gasteiger charge is -2.25. The fraction of sp³-hybridized carbons (Fsp3) is 0.150. The molecule has 27 heavy (non-hydrogen) atoms. The smallest absolute Gasteiger partial charge is 0.344 e. The van der Waals surface area contributed by atoms with Crippen molar-refractivity contribution in [1.82, 2.24) is 0 Å². The van der Waals surface area contributed by atoms with E-state index in [-0.39, 0.29) is 16.3 Å². The van der Waals surface area contributed by atoms with Crippen LogP contribution in [0.25, 0.3) is 10.8 Å². The minimum absolute atomic E-state index is 0.156. The molecule has 4 rings (SSSR count). The number of carboxylic acids is 1. The molecule has 138 valence electrons. The molecule has 6 nitrogen and oxygen atoms in total. The Morgan fingerprint density at radius 1 is 1.04 bits per heavy atom.